The number of nitrogens with zero attached hydrogens (tertiary/aromatic N) is 4. The molecule has 0 fully saturated rings. The van der Waals surface area contributed by atoms with Gasteiger partial charge in [-0.25, -0.2) is 4.98 Å². The molecular formula is C17H23N5O4. The van der Waals surface area contributed by atoms with E-state index in [9.17, 15) is 9.59 Å². The molecule has 0 saturated carbocycles. The number of hydrogen-bond donors (Lipinski definition) is 2. The van der Waals surface area contributed by atoms with Gasteiger partial charge in [0, 0.05) is 32.4 Å². The molecule has 140 valence electrons. The molecule has 0 aromatic carbocycles. The highest BCUT2D eigenvalue weighted by Gasteiger charge is 2.26. The lowest BCUT2D eigenvalue weighted by atomic mass is 10.2. The van der Waals surface area contributed by atoms with E-state index in [0.717, 1.165) is 11.4 Å². The molecule has 2 amide bonds. The van der Waals surface area contributed by atoms with Crippen molar-refractivity contribution in [2.75, 3.05) is 19.7 Å². The molecule has 9 heteroatoms. The lowest BCUT2D eigenvalue weighted by Crippen LogP contribution is -2.38. The van der Waals surface area contributed by atoms with Crippen molar-refractivity contribution in [2.24, 2.45) is 0 Å². The number of rotatable bonds is 7. The molecule has 2 aromatic rings. The summed E-state index contributed by atoms with van der Waals surface area (Å²) in [5.41, 5.74) is 2.14. The summed E-state index contributed by atoms with van der Waals surface area (Å²) in [4.78, 5) is 30.1. The third-order valence-electron chi connectivity index (χ3n) is 4.34. The fraction of sp³-hybridized carbons (Fsp3) is 0.529. The summed E-state index contributed by atoms with van der Waals surface area (Å²) in [6.45, 7) is 3.73. The van der Waals surface area contributed by atoms with Crippen molar-refractivity contribution in [1.29, 1.82) is 0 Å². The molecule has 0 aliphatic carbocycles. The average Bonchev–Trinajstić information content (AvgIpc) is 3.29. The van der Waals surface area contributed by atoms with Gasteiger partial charge in [0.1, 0.15) is 5.76 Å². The summed E-state index contributed by atoms with van der Waals surface area (Å²) in [6, 6.07) is 1.93. The van der Waals surface area contributed by atoms with E-state index in [-0.39, 0.29) is 25.0 Å². The Morgan fingerprint density at radius 2 is 2.23 bits per heavy atom. The third kappa shape index (κ3) is 3.93. The Bertz CT molecular complexity index is 782. The van der Waals surface area contributed by atoms with Crippen LogP contribution in [0, 0.1) is 0 Å². The number of fused-ring (bicyclic) bond motifs is 1. The Kier molecular flexibility index (Phi) is 5.67. The summed E-state index contributed by atoms with van der Waals surface area (Å²) in [5.74, 6) is 0.358. The van der Waals surface area contributed by atoms with Crippen LogP contribution in [0.5, 0.6) is 0 Å². The van der Waals surface area contributed by atoms with Crippen LogP contribution < -0.4 is 5.32 Å². The second kappa shape index (κ2) is 8.13. The number of carbonyl (C=O) groups excluding carboxylic acids is 2. The van der Waals surface area contributed by atoms with Crippen LogP contribution in [0.2, 0.25) is 0 Å². The van der Waals surface area contributed by atoms with E-state index >= 15 is 0 Å². The number of hydrogen-bond acceptors (Lipinski definition) is 6. The summed E-state index contributed by atoms with van der Waals surface area (Å²) in [7, 11) is 0. The van der Waals surface area contributed by atoms with Crippen molar-refractivity contribution in [3.63, 3.8) is 0 Å². The fourth-order valence-electron chi connectivity index (χ4n) is 2.99. The predicted octanol–water partition coefficient (Wildman–Crippen LogP) is 0.131. The van der Waals surface area contributed by atoms with Gasteiger partial charge in [-0.1, -0.05) is 6.92 Å². The van der Waals surface area contributed by atoms with Gasteiger partial charge < -0.3 is 19.7 Å². The van der Waals surface area contributed by atoms with Gasteiger partial charge in [-0.05, 0) is 6.07 Å². The van der Waals surface area contributed by atoms with E-state index < -0.39 is 0 Å². The topological polar surface area (TPSA) is 113 Å². The maximum Gasteiger partial charge on any atom is 0.276 e. The van der Waals surface area contributed by atoms with Crippen LogP contribution in [0.1, 0.15) is 41.0 Å². The standard InChI is InChI=1S/C17H23N5O4/c1-2-14-16(19-11-26-14)17(25)21-6-7-22-13(10-21)9-12(20-22)3-4-15(24)18-5-8-23/h9,11,23H,2-8,10H2,1H3,(H,18,24). The highest BCUT2D eigenvalue weighted by molar-refractivity contribution is 5.93. The monoisotopic (exact) mass is 361 g/mol. The first kappa shape index (κ1) is 18.1. The van der Waals surface area contributed by atoms with Gasteiger partial charge in [-0.15, -0.1) is 0 Å². The summed E-state index contributed by atoms with van der Waals surface area (Å²) in [5, 5.41) is 15.8. The highest BCUT2D eigenvalue weighted by atomic mass is 16.3. The van der Waals surface area contributed by atoms with Crippen molar-refractivity contribution in [3.05, 3.63) is 35.3 Å². The first-order valence-electron chi connectivity index (χ1n) is 8.77. The minimum Gasteiger partial charge on any atom is -0.448 e. The molecule has 1 aliphatic rings. The lowest BCUT2D eigenvalue weighted by Gasteiger charge is -2.27. The molecule has 0 unspecified atom stereocenters. The molecule has 2 aromatic heterocycles. The Morgan fingerprint density at radius 3 is 3.00 bits per heavy atom. The molecule has 1 aliphatic heterocycles. The van der Waals surface area contributed by atoms with Crippen molar-refractivity contribution in [2.45, 2.75) is 39.3 Å². The maximum absolute atomic E-state index is 12.7. The third-order valence-corrected chi connectivity index (χ3v) is 4.34. The van der Waals surface area contributed by atoms with Gasteiger partial charge in [-0.2, -0.15) is 5.10 Å². The Hall–Kier alpha value is -2.68. The first-order valence-corrected chi connectivity index (χ1v) is 8.77. The largest absolute Gasteiger partial charge is 0.448 e. The molecule has 2 N–H and O–H groups in total. The lowest BCUT2D eigenvalue weighted by molar-refractivity contribution is -0.121. The second-order valence-electron chi connectivity index (χ2n) is 6.13. The number of aromatic nitrogens is 3. The fourth-order valence-corrected chi connectivity index (χ4v) is 2.99. The Labute approximate surface area is 151 Å². The first-order chi connectivity index (χ1) is 12.6. The van der Waals surface area contributed by atoms with Crippen LogP contribution in [-0.2, 0) is 30.7 Å². The highest BCUT2D eigenvalue weighted by Crippen LogP contribution is 2.18. The summed E-state index contributed by atoms with van der Waals surface area (Å²) >= 11 is 0. The predicted molar refractivity (Wildman–Crippen MR) is 91.3 cm³/mol. The molecule has 0 saturated heterocycles. The molecule has 9 nitrogen and oxygen atoms in total. The summed E-state index contributed by atoms with van der Waals surface area (Å²) in [6.07, 6.45) is 2.77. The van der Waals surface area contributed by atoms with E-state index in [1.807, 2.05) is 17.7 Å². The van der Waals surface area contributed by atoms with Crippen molar-refractivity contribution in [3.8, 4) is 0 Å². The van der Waals surface area contributed by atoms with Crippen molar-refractivity contribution < 1.29 is 19.1 Å². The normalized spacial score (nSPS) is 13.5. The van der Waals surface area contributed by atoms with Crippen LogP contribution in [-0.4, -0.2) is 56.3 Å². The van der Waals surface area contributed by atoms with E-state index in [0.29, 0.717) is 50.4 Å². The van der Waals surface area contributed by atoms with E-state index in [4.69, 9.17) is 9.52 Å². The van der Waals surface area contributed by atoms with E-state index in [2.05, 4.69) is 15.4 Å². The van der Waals surface area contributed by atoms with Crippen molar-refractivity contribution in [1.82, 2.24) is 25.0 Å². The van der Waals surface area contributed by atoms with Gasteiger partial charge in [0.2, 0.25) is 5.91 Å². The molecule has 3 heterocycles. The van der Waals surface area contributed by atoms with Crippen LogP contribution >= 0.6 is 0 Å². The Morgan fingerprint density at radius 1 is 1.38 bits per heavy atom. The van der Waals surface area contributed by atoms with Gasteiger partial charge in [0.05, 0.1) is 31.1 Å². The quantitative estimate of drug-likeness (QED) is 0.725. The number of nitrogens with one attached hydrogen (secondary N) is 1. The Balaban J connectivity index is 1.61. The van der Waals surface area contributed by atoms with E-state index in [1.165, 1.54) is 6.39 Å². The zero-order chi connectivity index (χ0) is 18.5. The average molecular weight is 361 g/mol. The number of amides is 2. The van der Waals surface area contributed by atoms with Gasteiger partial charge >= 0.3 is 0 Å². The number of aryl methyl sites for hydroxylation is 2. The second-order valence-corrected chi connectivity index (χ2v) is 6.13. The number of carbonyl (C=O) groups is 2. The van der Waals surface area contributed by atoms with Crippen LogP contribution in [0.15, 0.2) is 16.9 Å². The minimum absolute atomic E-state index is 0.0698. The number of aliphatic hydroxyl groups excluding tert-OH is 1. The van der Waals surface area contributed by atoms with Crippen LogP contribution in [0.4, 0.5) is 0 Å². The molecule has 0 atom stereocenters. The van der Waals surface area contributed by atoms with Crippen molar-refractivity contribution >= 4 is 11.8 Å². The molecule has 26 heavy (non-hydrogen) atoms. The number of aliphatic hydroxyl groups is 1. The van der Waals surface area contributed by atoms with Gasteiger partial charge in [0.25, 0.3) is 5.91 Å². The van der Waals surface area contributed by atoms with Crippen LogP contribution in [0.3, 0.4) is 0 Å². The zero-order valence-corrected chi connectivity index (χ0v) is 14.8. The van der Waals surface area contributed by atoms with Gasteiger partial charge in [-0.3, -0.25) is 14.3 Å². The molecular weight excluding hydrogens is 338 g/mol. The SMILES string of the molecule is CCc1ocnc1C(=O)N1CCn2nc(CCC(=O)NCCO)cc2C1. The minimum atomic E-state index is -0.131. The molecule has 3 rings (SSSR count). The smallest absolute Gasteiger partial charge is 0.276 e. The number of oxazole rings is 1. The summed E-state index contributed by atoms with van der Waals surface area (Å²) < 4.78 is 7.14. The molecule has 0 spiro atoms. The maximum atomic E-state index is 12.7. The van der Waals surface area contributed by atoms with Gasteiger partial charge in [0.15, 0.2) is 12.1 Å². The zero-order valence-electron chi connectivity index (χ0n) is 14.8. The van der Waals surface area contributed by atoms with E-state index in [1.54, 1.807) is 4.90 Å². The van der Waals surface area contributed by atoms with Crippen LogP contribution in [0.25, 0.3) is 0 Å². The molecule has 0 radical (unpaired) electrons. The molecule has 0 bridgehead atoms.